The second-order valence-electron chi connectivity index (χ2n) is 7.80. The molecule has 0 saturated heterocycles. The van der Waals surface area contributed by atoms with Crippen molar-refractivity contribution in [3.63, 3.8) is 0 Å². The summed E-state index contributed by atoms with van der Waals surface area (Å²) in [6, 6.07) is 18.1. The number of benzene rings is 2. The van der Waals surface area contributed by atoms with Gasteiger partial charge in [-0.3, -0.25) is 14.5 Å². The molecular formula is C25H19N3O5S2. The van der Waals surface area contributed by atoms with Crippen molar-refractivity contribution in [2.75, 3.05) is 4.90 Å². The van der Waals surface area contributed by atoms with Gasteiger partial charge in [0.1, 0.15) is 11.5 Å². The standard InChI is InChI=1S/C25H19N3O5S2/c1-14-7-12-18(33-14)21(30)19-20(16-8-10-17(29)11-9-16)28(23(32)22(19)31)24-26-27-25(35-24)34-13-15-5-3-2-4-6-15/h2-12,20,29,31H,13H2,1H3/t20-/m0/s1. The fourth-order valence-corrected chi connectivity index (χ4v) is 5.60. The smallest absolute Gasteiger partial charge is 0.296 e. The van der Waals surface area contributed by atoms with Gasteiger partial charge in [0.25, 0.3) is 5.91 Å². The normalized spacial score (nSPS) is 15.7. The number of phenols is 1. The molecule has 5 rings (SSSR count). The van der Waals surface area contributed by atoms with Crippen molar-refractivity contribution in [2.45, 2.75) is 23.1 Å². The molecule has 0 saturated carbocycles. The number of nitrogens with zero attached hydrogens (tertiary/aromatic N) is 3. The lowest BCUT2D eigenvalue weighted by atomic mass is 9.95. The van der Waals surface area contributed by atoms with Crippen LogP contribution in [0.4, 0.5) is 5.13 Å². The first-order chi connectivity index (χ1) is 16.9. The fraction of sp³-hybridized carbons (Fsp3) is 0.120. The Morgan fingerprint density at radius 1 is 1.06 bits per heavy atom. The summed E-state index contributed by atoms with van der Waals surface area (Å²) in [6.07, 6.45) is 0. The number of ketones is 1. The van der Waals surface area contributed by atoms with Crippen LogP contribution in [0.15, 0.2) is 86.8 Å². The Morgan fingerprint density at radius 2 is 1.80 bits per heavy atom. The van der Waals surface area contributed by atoms with Crippen LogP contribution in [0, 0.1) is 6.92 Å². The van der Waals surface area contributed by atoms with Gasteiger partial charge >= 0.3 is 0 Å². The van der Waals surface area contributed by atoms with Gasteiger partial charge in [-0.05, 0) is 42.3 Å². The topological polar surface area (TPSA) is 117 Å². The minimum absolute atomic E-state index is 0.0128. The van der Waals surface area contributed by atoms with Crippen molar-refractivity contribution < 1.29 is 24.2 Å². The number of aromatic nitrogens is 2. The first kappa shape index (κ1) is 22.9. The summed E-state index contributed by atoms with van der Waals surface area (Å²) in [6.45, 7) is 1.70. The van der Waals surface area contributed by atoms with Crippen LogP contribution in [0.1, 0.15) is 33.5 Å². The lowest BCUT2D eigenvalue weighted by Crippen LogP contribution is -2.31. The van der Waals surface area contributed by atoms with Gasteiger partial charge in [-0.25, -0.2) is 0 Å². The van der Waals surface area contributed by atoms with Crippen molar-refractivity contribution in [3.05, 3.63) is 101 Å². The minimum atomic E-state index is -0.971. The van der Waals surface area contributed by atoms with Gasteiger partial charge in [0.05, 0.1) is 11.6 Å². The molecule has 1 aliphatic rings. The monoisotopic (exact) mass is 505 g/mol. The number of furan rings is 1. The van der Waals surface area contributed by atoms with Crippen molar-refractivity contribution in [1.82, 2.24) is 10.2 Å². The maximum Gasteiger partial charge on any atom is 0.296 e. The molecular weight excluding hydrogens is 486 g/mol. The lowest BCUT2D eigenvalue weighted by Gasteiger charge is -2.23. The summed E-state index contributed by atoms with van der Waals surface area (Å²) in [5.41, 5.74) is 1.51. The predicted octanol–water partition coefficient (Wildman–Crippen LogP) is 5.22. The number of hydrogen-bond donors (Lipinski definition) is 2. The second kappa shape index (κ2) is 9.40. The van der Waals surface area contributed by atoms with Gasteiger partial charge in [0.2, 0.25) is 10.9 Å². The van der Waals surface area contributed by atoms with Crippen LogP contribution in [0.25, 0.3) is 0 Å². The zero-order valence-electron chi connectivity index (χ0n) is 18.4. The molecule has 35 heavy (non-hydrogen) atoms. The molecule has 176 valence electrons. The molecule has 2 aromatic carbocycles. The average molecular weight is 506 g/mol. The van der Waals surface area contributed by atoms with Crippen LogP contribution in [0.2, 0.25) is 0 Å². The molecule has 0 spiro atoms. The number of aliphatic hydroxyl groups excluding tert-OH is 1. The molecule has 2 N–H and O–H groups in total. The van der Waals surface area contributed by atoms with Crippen molar-refractivity contribution >= 4 is 39.9 Å². The van der Waals surface area contributed by atoms with Crippen LogP contribution in [0.3, 0.4) is 0 Å². The summed E-state index contributed by atoms with van der Waals surface area (Å²) >= 11 is 2.67. The van der Waals surface area contributed by atoms with Gasteiger partial charge in [-0.1, -0.05) is 65.6 Å². The minimum Gasteiger partial charge on any atom is -0.508 e. The quantitative estimate of drug-likeness (QED) is 0.199. The van der Waals surface area contributed by atoms with Crippen LogP contribution in [-0.2, 0) is 10.5 Å². The van der Waals surface area contributed by atoms with Gasteiger partial charge < -0.3 is 14.6 Å². The van der Waals surface area contributed by atoms with Crippen LogP contribution < -0.4 is 4.90 Å². The summed E-state index contributed by atoms with van der Waals surface area (Å²) in [5, 5.41) is 29.2. The van der Waals surface area contributed by atoms with E-state index in [0.29, 0.717) is 21.4 Å². The molecule has 0 fully saturated rings. The maximum atomic E-state index is 13.3. The van der Waals surface area contributed by atoms with Gasteiger partial charge in [0, 0.05) is 5.75 Å². The molecule has 1 aliphatic heterocycles. The third-order valence-corrected chi connectivity index (χ3v) is 7.56. The first-order valence-corrected chi connectivity index (χ1v) is 12.4. The zero-order valence-corrected chi connectivity index (χ0v) is 20.0. The summed E-state index contributed by atoms with van der Waals surface area (Å²) in [5.74, 6) is -0.786. The highest BCUT2D eigenvalue weighted by molar-refractivity contribution is 8.00. The first-order valence-electron chi connectivity index (χ1n) is 10.6. The van der Waals surface area contributed by atoms with E-state index in [1.54, 1.807) is 25.1 Å². The number of aromatic hydroxyl groups is 1. The molecule has 0 radical (unpaired) electrons. The van der Waals surface area contributed by atoms with Crippen LogP contribution in [-0.4, -0.2) is 32.1 Å². The predicted molar refractivity (Wildman–Crippen MR) is 132 cm³/mol. The number of amides is 1. The molecule has 0 aliphatic carbocycles. The maximum absolute atomic E-state index is 13.3. The highest BCUT2D eigenvalue weighted by atomic mass is 32.2. The van der Waals surface area contributed by atoms with Gasteiger partial charge in [-0.2, -0.15) is 0 Å². The van der Waals surface area contributed by atoms with E-state index in [0.717, 1.165) is 5.56 Å². The zero-order chi connectivity index (χ0) is 24.5. The van der Waals surface area contributed by atoms with Gasteiger partial charge in [0.15, 0.2) is 15.9 Å². The molecule has 1 amide bonds. The van der Waals surface area contributed by atoms with Gasteiger partial charge in [-0.15, -0.1) is 10.2 Å². The Morgan fingerprint density at radius 3 is 2.49 bits per heavy atom. The lowest BCUT2D eigenvalue weighted by molar-refractivity contribution is -0.117. The summed E-state index contributed by atoms with van der Waals surface area (Å²) in [7, 11) is 0. The Labute approximate surface area is 208 Å². The van der Waals surface area contributed by atoms with Crippen molar-refractivity contribution in [2.24, 2.45) is 0 Å². The summed E-state index contributed by atoms with van der Waals surface area (Å²) < 4.78 is 6.11. The number of Topliss-reactive ketones (excluding diaryl/α,β-unsaturated/α-hetero) is 1. The fourth-order valence-electron chi connectivity index (χ4n) is 3.77. The molecule has 2 aromatic heterocycles. The Bertz CT molecular complexity index is 1430. The van der Waals surface area contributed by atoms with Crippen LogP contribution >= 0.6 is 23.1 Å². The number of carbonyl (C=O) groups is 2. The highest BCUT2D eigenvalue weighted by Gasteiger charge is 2.46. The molecule has 8 nitrogen and oxygen atoms in total. The molecule has 1 atom stereocenters. The largest absolute Gasteiger partial charge is 0.508 e. The number of anilines is 1. The SMILES string of the molecule is Cc1ccc(C(=O)C2=C(O)C(=O)N(c3nnc(SCc4ccccc4)s3)[C@H]2c2ccc(O)cc2)o1. The molecule has 3 heterocycles. The molecule has 4 aromatic rings. The van der Waals surface area contributed by atoms with E-state index in [9.17, 15) is 19.8 Å². The number of hydrogen-bond acceptors (Lipinski definition) is 9. The number of aryl methyl sites for hydroxylation is 1. The van der Waals surface area contributed by atoms with E-state index >= 15 is 0 Å². The number of aliphatic hydroxyl groups is 1. The average Bonchev–Trinajstić information content (AvgIpc) is 3.57. The van der Waals surface area contributed by atoms with E-state index < -0.39 is 23.5 Å². The van der Waals surface area contributed by atoms with Crippen molar-refractivity contribution in [1.29, 1.82) is 0 Å². The third kappa shape index (κ3) is 4.45. The number of carbonyl (C=O) groups excluding carboxylic acids is 2. The van der Waals surface area contributed by atoms with Crippen LogP contribution in [0.5, 0.6) is 5.75 Å². The molecule has 0 bridgehead atoms. The Balaban J connectivity index is 1.50. The third-order valence-electron chi connectivity index (χ3n) is 5.43. The van der Waals surface area contributed by atoms with E-state index in [4.69, 9.17) is 4.42 Å². The number of rotatable bonds is 7. The number of phenolic OH excluding ortho intramolecular Hbond substituents is 1. The second-order valence-corrected chi connectivity index (χ2v) is 9.97. The van der Waals surface area contributed by atoms with E-state index in [-0.39, 0.29) is 22.2 Å². The van der Waals surface area contributed by atoms with E-state index in [2.05, 4.69) is 10.2 Å². The van der Waals surface area contributed by atoms with Crippen molar-refractivity contribution in [3.8, 4) is 5.75 Å². The van der Waals surface area contributed by atoms with E-state index in [1.807, 2.05) is 30.3 Å². The van der Waals surface area contributed by atoms with E-state index in [1.165, 1.54) is 46.2 Å². The molecule has 10 heteroatoms. The molecule has 0 unspecified atom stereocenters. The number of thioether (sulfide) groups is 1. The highest BCUT2D eigenvalue weighted by Crippen LogP contribution is 2.44. The summed E-state index contributed by atoms with van der Waals surface area (Å²) in [4.78, 5) is 27.8. The Kier molecular flexibility index (Phi) is 6.14. The Hall–Kier alpha value is -3.89.